The molecule has 2 aromatic heterocycles. The number of rotatable bonds is 3. The van der Waals surface area contributed by atoms with Crippen LogP contribution in [-0.2, 0) is 6.54 Å². The fourth-order valence-corrected chi connectivity index (χ4v) is 2.59. The maximum atomic E-state index is 11.8. The van der Waals surface area contributed by atoms with Crippen LogP contribution in [0.4, 0.5) is 0 Å². The molecule has 0 aliphatic rings. The summed E-state index contributed by atoms with van der Waals surface area (Å²) in [5, 5.41) is 2.75. The van der Waals surface area contributed by atoms with Gasteiger partial charge in [0.05, 0.1) is 6.54 Å². The predicted molar refractivity (Wildman–Crippen MR) is 72.0 cm³/mol. The Hall–Kier alpha value is -1.88. The second-order valence-corrected chi connectivity index (χ2v) is 5.40. The minimum absolute atomic E-state index is 0.141. The summed E-state index contributed by atoms with van der Waals surface area (Å²) in [7, 11) is 0. The molecule has 2 heterocycles. The van der Waals surface area contributed by atoms with Gasteiger partial charge in [-0.2, -0.15) is 0 Å². The average Bonchev–Trinajstić information content (AvgIpc) is 2.66. The van der Waals surface area contributed by atoms with E-state index in [9.17, 15) is 9.59 Å². The van der Waals surface area contributed by atoms with Gasteiger partial charge in [-0.3, -0.25) is 9.59 Å². The van der Waals surface area contributed by atoms with Gasteiger partial charge in [0.15, 0.2) is 5.43 Å². The number of hydrogen-bond acceptors (Lipinski definition) is 3. The number of pyridine rings is 1. The number of aromatic amines is 1. The van der Waals surface area contributed by atoms with Gasteiger partial charge < -0.3 is 10.3 Å². The zero-order valence-electron chi connectivity index (χ0n) is 10.2. The number of hydrogen-bond donors (Lipinski definition) is 2. The molecular weight excluding hydrogens is 248 g/mol. The van der Waals surface area contributed by atoms with Gasteiger partial charge in [0.25, 0.3) is 5.91 Å². The van der Waals surface area contributed by atoms with Gasteiger partial charge in [-0.15, -0.1) is 11.3 Å². The third kappa shape index (κ3) is 2.68. The van der Waals surface area contributed by atoms with E-state index in [0.29, 0.717) is 6.54 Å². The van der Waals surface area contributed by atoms with Crippen molar-refractivity contribution in [3.8, 4) is 0 Å². The van der Waals surface area contributed by atoms with Crippen LogP contribution in [0.3, 0.4) is 0 Å². The average molecular weight is 262 g/mol. The lowest BCUT2D eigenvalue weighted by Crippen LogP contribution is -2.27. The SMILES string of the molecule is Cc1cc(CNC(=O)c2c[nH]ccc2=O)sc1C. The van der Waals surface area contributed by atoms with Crippen molar-refractivity contribution in [1.82, 2.24) is 10.3 Å². The molecule has 0 atom stereocenters. The predicted octanol–water partition coefficient (Wildman–Crippen LogP) is 1.98. The first-order valence-corrected chi connectivity index (χ1v) is 6.41. The van der Waals surface area contributed by atoms with E-state index < -0.39 is 0 Å². The maximum absolute atomic E-state index is 11.8. The van der Waals surface area contributed by atoms with Crippen molar-refractivity contribution >= 4 is 17.2 Å². The van der Waals surface area contributed by atoms with Crippen molar-refractivity contribution in [1.29, 1.82) is 0 Å². The van der Waals surface area contributed by atoms with E-state index >= 15 is 0 Å². The molecule has 0 aromatic carbocycles. The number of aryl methyl sites for hydroxylation is 2. The van der Waals surface area contributed by atoms with Gasteiger partial charge in [0.1, 0.15) is 5.56 Å². The Bertz CT molecular complexity index is 608. The normalized spacial score (nSPS) is 10.3. The van der Waals surface area contributed by atoms with Crippen LogP contribution < -0.4 is 10.7 Å². The summed E-state index contributed by atoms with van der Waals surface area (Å²) in [6, 6.07) is 3.39. The van der Waals surface area contributed by atoms with Gasteiger partial charge in [0.2, 0.25) is 0 Å². The first kappa shape index (κ1) is 12.6. The standard InChI is InChI=1S/C13H14N2O2S/c1-8-5-10(18-9(8)2)6-15-13(17)11-7-14-4-3-12(11)16/h3-5,7H,6H2,1-2H3,(H,14,16)(H,15,17). The van der Waals surface area contributed by atoms with Gasteiger partial charge in [0, 0.05) is 28.2 Å². The van der Waals surface area contributed by atoms with E-state index in [4.69, 9.17) is 0 Å². The van der Waals surface area contributed by atoms with Crippen LogP contribution in [0.15, 0.2) is 29.3 Å². The molecule has 2 N–H and O–H groups in total. The van der Waals surface area contributed by atoms with E-state index in [-0.39, 0.29) is 16.9 Å². The fraction of sp³-hybridized carbons (Fsp3) is 0.231. The summed E-state index contributed by atoms with van der Waals surface area (Å²) in [6.45, 7) is 4.54. The molecule has 0 saturated heterocycles. The molecule has 0 bridgehead atoms. The molecule has 18 heavy (non-hydrogen) atoms. The van der Waals surface area contributed by atoms with Crippen LogP contribution >= 0.6 is 11.3 Å². The summed E-state index contributed by atoms with van der Waals surface area (Å²) in [5.74, 6) is -0.347. The fourth-order valence-electron chi connectivity index (χ4n) is 1.59. The Kier molecular flexibility index (Phi) is 3.62. The molecule has 94 valence electrons. The third-order valence-corrected chi connectivity index (χ3v) is 3.86. The molecule has 4 nitrogen and oxygen atoms in total. The van der Waals surface area contributed by atoms with E-state index in [0.717, 1.165) is 4.88 Å². The van der Waals surface area contributed by atoms with Crippen molar-refractivity contribution in [2.45, 2.75) is 20.4 Å². The quantitative estimate of drug-likeness (QED) is 0.888. The number of aromatic nitrogens is 1. The van der Waals surface area contributed by atoms with Crippen molar-refractivity contribution in [3.63, 3.8) is 0 Å². The number of carbonyl (C=O) groups is 1. The summed E-state index contributed by atoms with van der Waals surface area (Å²) in [4.78, 5) is 28.3. The number of carbonyl (C=O) groups excluding carboxylic acids is 1. The zero-order chi connectivity index (χ0) is 13.1. The molecule has 0 fully saturated rings. The number of thiophene rings is 1. The maximum Gasteiger partial charge on any atom is 0.257 e. The van der Waals surface area contributed by atoms with Crippen LogP contribution in [-0.4, -0.2) is 10.9 Å². The first-order valence-electron chi connectivity index (χ1n) is 5.59. The number of H-pyrrole nitrogens is 1. The highest BCUT2D eigenvalue weighted by molar-refractivity contribution is 7.12. The topological polar surface area (TPSA) is 62.0 Å². The van der Waals surface area contributed by atoms with Crippen LogP contribution in [0.2, 0.25) is 0 Å². The van der Waals surface area contributed by atoms with E-state index in [1.54, 1.807) is 11.3 Å². The highest BCUT2D eigenvalue weighted by Gasteiger charge is 2.09. The minimum Gasteiger partial charge on any atom is -0.367 e. The number of nitrogens with one attached hydrogen (secondary N) is 2. The Labute approximate surface area is 109 Å². The molecule has 0 spiro atoms. The van der Waals surface area contributed by atoms with Crippen LogP contribution in [0, 0.1) is 13.8 Å². The van der Waals surface area contributed by atoms with E-state index in [1.807, 2.05) is 13.8 Å². The second kappa shape index (κ2) is 5.18. The van der Waals surface area contributed by atoms with Crippen LogP contribution in [0.5, 0.6) is 0 Å². The molecular formula is C13H14N2O2S. The molecule has 0 aliphatic heterocycles. The van der Waals surface area contributed by atoms with Crippen molar-refractivity contribution in [3.05, 3.63) is 55.6 Å². The van der Waals surface area contributed by atoms with E-state index in [1.165, 1.54) is 28.9 Å². The highest BCUT2D eigenvalue weighted by Crippen LogP contribution is 2.20. The van der Waals surface area contributed by atoms with Gasteiger partial charge in [-0.05, 0) is 25.5 Å². The summed E-state index contributed by atoms with van der Waals surface area (Å²) in [6.07, 6.45) is 2.92. The van der Waals surface area contributed by atoms with Crippen molar-refractivity contribution < 1.29 is 4.79 Å². The molecule has 0 aliphatic carbocycles. The van der Waals surface area contributed by atoms with Gasteiger partial charge in [-0.1, -0.05) is 0 Å². The summed E-state index contributed by atoms with van der Waals surface area (Å²) >= 11 is 1.66. The van der Waals surface area contributed by atoms with Gasteiger partial charge in [-0.25, -0.2) is 0 Å². The van der Waals surface area contributed by atoms with Crippen LogP contribution in [0.25, 0.3) is 0 Å². The highest BCUT2D eigenvalue weighted by atomic mass is 32.1. The molecule has 2 rings (SSSR count). The Morgan fingerprint density at radius 1 is 1.44 bits per heavy atom. The Morgan fingerprint density at radius 3 is 2.83 bits per heavy atom. The molecule has 0 unspecified atom stereocenters. The summed E-state index contributed by atoms with van der Waals surface area (Å²) < 4.78 is 0. The number of amides is 1. The van der Waals surface area contributed by atoms with Crippen molar-refractivity contribution in [2.24, 2.45) is 0 Å². The van der Waals surface area contributed by atoms with Gasteiger partial charge >= 0.3 is 0 Å². The first-order chi connectivity index (χ1) is 8.58. The van der Waals surface area contributed by atoms with Crippen molar-refractivity contribution in [2.75, 3.05) is 0 Å². The molecule has 0 saturated carbocycles. The molecule has 2 aromatic rings. The molecule has 5 heteroatoms. The lowest BCUT2D eigenvalue weighted by molar-refractivity contribution is 0.0950. The smallest absolute Gasteiger partial charge is 0.257 e. The Morgan fingerprint density at radius 2 is 2.22 bits per heavy atom. The molecule has 0 radical (unpaired) electrons. The minimum atomic E-state index is -0.347. The van der Waals surface area contributed by atoms with Crippen LogP contribution in [0.1, 0.15) is 25.7 Å². The second-order valence-electron chi connectivity index (χ2n) is 4.06. The zero-order valence-corrected chi connectivity index (χ0v) is 11.1. The Balaban J connectivity index is 2.05. The van der Waals surface area contributed by atoms with E-state index in [2.05, 4.69) is 16.4 Å². The lowest BCUT2D eigenvalue weighted by atomic mass is 10.2. The summed E-state index contributed by atoms with van der Waals surface area (Å²) in [5.41, 5.74) is 1.09. The largest absolute Gasteiger partial charge is 0.367 e. The lowest BCUT2D eigenvalue weighted by Gasteiger charge is -2.02. The third-order valence-electron chi connectivity index (χ3n) is 2.71. The monoisotopic (exact) mass is 262 g/mol. The molecule has 1 amide bonds.